The fourth-order valence-electron chi connectivity index (χ4n) is 0.862. The van der Waals surface area contributed by atoms with Crippen molar-refractivity contribution in [2.75, 3.05) is 6.61 Å². The summed E-state index contributed by atoms with van der Waals surface area (Å²) in [5, 5.41) is 18.4. The van der Waals surface area contributed by atoms with Crippen LogP contribution in [0.2, 0.25) is 0 Å². The van der Waals surface area contributed by atoms with E-state index in [-0.39, 0.29) is 19.4 Å². The van der Waals surface area contributed by atoms with Crippen molar-refractivity contribution < 1.29 is 19.7 Å². The molecule has 2 N–H and O–H groups in total. The molecule has 4 heteroatoms. The highest BCUT2D eigenvalue weighted by Crippen LogP contribution is 2.04. The summed E-state index contributed by atoms with van der Waals surface area (Å²) < 4.78 is 4.65. The molecular weight excluding hydrogens is 184 g/mol. The molecule has 4 nitrogen and oxygen atoms in total. The van der Waals surface area contributed by atoms with E-state index in [4.69, 9.17) is 5.11 Å². The summed E-state index contributed by atoms with van der Waals surface area (Å²) in [6.45, 7) is 6.87. The Morgan fingerprint density at radius 2 is 2.07 bits per heavy atom. The Balaban J connectivity index is 3.69. The molecule has 0 aliphatic carbocycles. The molecule has 0 spiro atoms. The summed E-state index contributed by atoms with van der Waals surface area (Å²) in [5.74, 6) is -0.506. The van der Waals surface area contributed by atoms with Gasteiger partial charge in [0.05, 0.1) is 18.6 Å². The molecule has 0 aliphatic heterocycles. The van der Waals surface area contributed by atoms with Gasteiger partial charge >= 0.3 is 5.97 Å². The SMILES string of the molecule is C=CCOC(=O)CC(O)CC(O)C=C. The Morgan fingerprint density at radius 3 is 2.57 bits per heavy atom. The van der Waals surface area contributed by atoms with Crippen molar-refractivity contribution in [2.45, 2.75) is 25.0 Å². The Kier molecular flexibility index (Phi) is 6.70. The molecule has 0 radical (unpaired) electrons. The molecule has 0 aromatic heterocycles. The summed E-state index contributed by atoms with van der Waals surface area (Å²) in [5.41, 5.74) is 0. The minimum Gasteiger partial charge on any atom is -0.461 e. The first kappa shape index (κ1) is 12.9. The van der Waals surface area contributed by atoms with E-state index in [1.54, 1.807) is 0 Å². The minimum absolute atomic E-state index is 0.0900. The van der Waals surface area contributed by atoms with Crippen LogP contribution in [0.5, 0.6) is 0 Å². The molecule has 0 aliphatic rings. The molecule has 14 heavy (non-hydrogen) atoms. The fourth-order valence-corrected chi connectivity index (χ4v) is 0.862. The van der Waals surface area contributed by atoms with Crippen molar-refractivity contribution >= 4 is 5.97 Å². The molecule has 0 aromatic rings. The van der Waals surface area contributed by atoms with E-state index in [0.29, 0.717) is 0 Å². The Hall–Kier alpha value is -1.13. The second-order valence-corrected chi connectivity index (χ2v) is 2.87. The zero-order valence-electron chi connectivity index (χ0n) is 8.06. The maximum Gasteiger partial charge on any atom is 0.308 e. The van der Waals surface area contributed by atoms with Crippen LogP contribution in [0.1, 0.15) is 12.8 Å². The molecule has 0 amide bonds. The number of hydrogen-bond acceptors (Lipinski definition) is 4. The van der Waals surface area contributed by atoms with Crippen molar-refractivity contribution in [2.24, 2.45) is 0 Å². The Bertz CT molecular complexity index is 200. The lowest BCUT2D eigenvalue weighted by Crippen LogP contribution is -2.20. The lowest BCUT2D eigenvalue weighted by molar-refractivity contribution is -0.144. The molecule has 0 bridgehead atoms. The minimum atomic E-state index is -0.902. The van der Waals surface area contributed by atoms with Crippen molar-refractivity contribution in [1.82, 2.24) is 0 Å². The lowest BCUT2D eigenvalue weighted by atomic mass is 10.1. The standard InChI is InChI=1S/C10H16O4/c1-3-5-14-10(13)7-9(12)6-8(11)4-2/h3-4,8-9,11-12H,1-2,5-7H2. The van der Waals surface area contributed by atoms with Crippen LogP contribution < -0.4 is 0 Å². The van der Waals surface area contributed by atoms with Crippen LogP contribution in [-0.2, 0) is 9.53 Å². The molecule has 2 atom stereocenters. The number of carbonyl (C=O) groups excluding carboxylic acids is 1. The van der Waals surface area contributed by atoms with Crippen LogP contribution in [0.3, 0.4) is 0 Å². The molecule has 0 aromatic carbocycles. The summed E-state index contributed by atoms with van der Waals surface area (Å²) in [4.78, 5) is 10.9. The van der Waals surface area contributed by atoms with Crippen LogP contribution in [0.4, 0.5) is 0 Å². The van der Waals surface area contributed by atoms with Gasteiger partial charge in [-0.3, -0.25) is 4.79 Å². The second-order valence-electron chi connectivity index (χ2n) is 2.87. The zero-order chi connectivity index (χ0) is 11.0. The number of rotatable bonds is 7. The highest BCUT2D eigenvalue weighted by Gasteiger charge is 2.14. The second kappa shape index (κ2) is 7.29. The third kappa shape index (κ3) is 6.39. The zero-order valence-corrected chi connectivity index (χ0v) is 8.06. The molecular formula is C10H16O4. The van der Waals surface area contributed by atoms with Crippen LogP contribution in [0.25, 0.3) is 0 Å². The predicted octanol–water partition coefficient (Wildman–Crippen LogP) is 0.404. The molecule has 0 fully saturated rings. The van der Waals surface area contributed by atoms with Crippen LogP contribution in [-0.4, -0.2) is 35.0 Å². The highest BCUT2D eigenvalue weighted by atomic mass is 16.5. The van der Waals surface area contributed by atoms with E-state index in [1.165, 1.54) is 12.2 Å². The average Bonchev–Trinajstić information content (AvgIpc) is 2.14. The third-order valence-electron chi connectivity index (χ3n) is 1.55. The largest absolute Gasteiger partial charge is 0.461 e. The van der Waals surface area contributed by atoms with E-state index in [9.17, 15) is 9.90 Å². The topological polar surface area (TPSA) is 66.8 Å². The number of aliphatic hydroxyl groups is 2. The van der Waals surface area contributed by atoms with Crippen molar-refractivity contribution in [3.63, 3.8) is 0 Å². The van der Waals surface area contributed by atoms with Gasteiger partial charge in [-0.15, -0.1) is 6.58 Å². The van der Waals surface area contributed by atoms with Gasteiger partial charge in [0.15, 0.2) is 0 Å². The average molecular weight is 200 g/mol. The number of aliphatic hydroxyl groups excluding tert-OH is 2. The lowest BCUT2D eigenvalue weighted by Gasteiger charge is -2.11. The Morgan fingerprint density at radius 1 is 1.43 bits per heavy atom. The predicted molar refractivity (Wildman–Crippen MR) is 52.6 cm³/mol. The van der Waals surface area contributed by atoms with E-state index < -0.39 is 18.2 Å². The number of hydrogen-bond donors (Lipinski definition) is 2. The normalized spacial score (nSPS) is 14.1. The van der Waals surface area contributed by atoms with E-state index >= 15 is 0 Å². The summed E-state index contributed by atoms with van der Waals surface area (Å²) in [6.07, 6.45) is 1.02. The quantitative estimate of drug-likeness (QED) is 0.461. The first-order valence-electron chi connectivity index (χ1n) is 4.35. The van der Waals surface area contributed by atoms with E-state index in [0.717, 1.165) is 0 Å². The van der Waals surface area contributed by atoms with E-state index in [1.807, 2.05) is 0 Å². The van der Waals surface area contributed by atoms with Gasteiger partial charge in [0, 0.05) is 6.42 Å². The van der Waals surface area contributed by atoms with Gasteiger partial charge in [-0.2, -0.15) is 0 Å². The first-order valence-corrected chi connectivity index (χ1v) is 4.35. The van der Waals surface area contributed by atoms with Crippen molar-refractivity contribution in [3.8, 4) is 0 Å². The smallest absolute Gasteiger partial charge is 0.308 e. The molecule has 80 valence electrons. The summed E-state index contributed by atoms with van der Waals surface area (Å²) >= 11 is 0. The van der Waals surface area contributed by atoms with Gasteiger partial charge in [-0.05, 0) is 0 Å². The van der Waals surface area contributed by atoms with Crippen LogP contribution in [0, 0.1) is 0 Å². The van der Waals surface area contributed by atoms with Gasteiger partial charge in [-0.25, -0.2) is 0 Å². The van der Waals surface area contributed by atoms with Gasteiger partial charge in [0.25, 0.3) is 0 Å². The van der Waals surface area contributed by atoms with Gasteiger partial charge in [-0.1, -0.05) is 18.7 Å². The molecule has 0 saturated heterocycles. The van der Waals surface area contributed by atoms with E-state index in [2.05, 4.69) is 17.9 Å². The molecule has 2 unspecified atom stereocenters. The van der Waals surface area contributed by atoms with Crippen LogP contribution >= 0.6 is 0 Å². The highest BCUT2D eigenvalue weighted by molar-refractivity contribution is 5.70. The number of esters is 1. The summed E-state index contributed by atoms with van der Waals surface area (Å²) in [6, 6.07) is 0. The van der Waals surface area contributed by atoms with Crippen LogP contribution in [0.15, 0.2) is 25.3 Å². The molecule has 0 rings (SSSR count). The number of carbonyl (C=O) groups is 1. The fraction of sp³-hybridized carbons (Fsp3) is 0.500. The maximum absolute atomic E-state index is 10.9. The summed E-state index contributed by atoms with van der Waals surface area (Å²) in [7, 11) is 0. The molecule has 0 saturated carbocycles. The maximum atomic E-state index is 10.9. The Labute approximate surface area is 83.5 Å². The van der Waals surface area contributed by atoms with Gasteiger partial charge < -0.3 is 14.9 Å². The van der Waals surface area contributed by atoms with Gasteiger partial charge in [0.2, 0.25) is 0 Å². The third-order valence-corrected chi connectivity index (χ3v) is 1.55. The van der Waals surface area contributed by atoms with Gasteiger partial charge in [0.1, 0.15) is 6.61 Å². The van der Waals surface area contributed by atoms with Crippen molar-refractivity contribution in [1.29, 1.82) is 0 Å². The number of ether oxygens (including phenoxy) is 1. The first-order chi connectivity index (χ1) is 6.60. The monoisotopic (exact) mass is 200 g/mol. The molecule has 0 heterocycles. The van der Waals surface area contributed by atoms with Crippen molar-refractivity contribution in [3.05, 3.63) is 25.3 Å².